The van der Waals surface area contributed by atoms with Crippen molar-refractivity contribution >= 4 is 0 Å². The third-order valence-electron chi connectivity index (χ3n) is 0.723. The van der Waals surface area contributed by atoms with Crippen LogP contribution in [0.1, 0.15) is 0 Å². The van der Waals surface area contributed by atoms with Gasteiger partial charge in [0.05, 0.1) is 6.20 Å². The van der Waals surface area contributed by atoms with Crippen LogP contribution in [0.15, 0.2) is 18.5 Å². The van der Waals surface area contributed by atoms with Crippen molar-refractivity contribution in [1.29, 1.82) is 0 Å². The summed E-state index contributed by atoms with van der Waals surface area (Å²) in [4.78, 5) is 3.33. The van der Waals surface area contributed by atoms with Crippen molar-refractivity contribution < 1.29 is 8.78 Å². The highest BCUT2D eigenvalue weighted by Gasteiger charge is 1.94. The van der Waals surface area contributed by atoms with Crippen LogP contribution >= 0.6 is 0 Å². The van der Waals surface area contributed by atoms with Gasteiger partial charge < -0.3 is 0 Å². The lowest BCUT2D eigenvalue weighted by Crippen LogP contribution is -1.81. The van der Waals surface area contributed by atoms with Gasteiger partial charge in [-0.25, -0.2) is 8.78 Å². The zero-order chi connectivity index (χ0) is 5.98. The van der Waals surface area contributed by atoms with E-state index in [0.29, 0.717) is 0 Å². The van der Waals surface area contributed by atoms with Gasteiger partial charge >= 0.3 is 0 Å². The van der Waals surface area contributed by atoms with E-state index < -0.39 is 11.6 Å². The second kappa shape index (κ2) is 1.86. The van der Waals surface area contributed by atoms with Gasteiger partial charge in [0, 0.05) is 6.20 Å². The summed E-state index contributed by atoms with van der Waals surface area (Å²) in [5.41, 5.74) is 0. The molecule has 1 aromatic heterocycles. The molecular weight excluding hydrogens is 112 g/mol. The Kier molecular flexibility index (Phi) is 1.20. The summed E-state index contributed by atoms with van der Waals surface area (Å²) >= 11 is 0. The lowest BCUT2D eigenvalue weighted by molar-refractivity contribution is 0.504. The van der Waals surface area contributed by atoms with E-state index in [0.717, 1.165) is 12.3 Å². The minimum absolute atomic E-state index is 0.829. The van der Waals surface area contributed by atoms with E-state index >= 15 is 0 Å². The summed E-state index contributed by atoms with van der Waals surface area (Å²) in [7, 11) is 0. The molecule has 0 atom stereocenters. The smallest absolute Gasteiger partial charge is 0.177 e. The molecule has 8 heavy (non-hydrogen) atoms. The maximum Gasteiger partial charge on any atom is 0.177 e. The Labute approximate surface area is 45.0 Å². The van der Waals surface area contributed by atoms with Gasteiger partial charge in [0.1, 0.15) is 0 Å². The number of rotatable bonds is 0. The normalized spacial score (nSPS) is 9.25. The second-order valence-corrected chi connectivity index (χ2v) is 1.29. The molecule has 0 aliphatic rings. The monoisotopic (exact) mass is 115 g/mol. The fraction of sp³-hybridized carbons (Fsp3) is 0. The molecule has 0 saturated heterocycles. The van der Waals surface area contributed by atoms with Crippen LogP contribution in [0.3, 0.4) is 0 Å². The first kappa shape index (κ1) is 5.15. The largest absolute Gasteiger partial charge is 0.261 e. The Morgan fingerprint density at radius 1 is 1.25 bits per heavy atom. The Bertz CT molecular complexity index is 167. The van der Waals surface area contributed by atoms with Gasteiger partial charge in [0.2, 0.25) is 0 Å². The quantitative estimate of drug-likeness (QED) is 0.497. The van der Waals surface area contributed by atoms with Crippen LogP contribution in [0.5, 0.6) is 0 Å². The molecule has 0 fully saturated rings. The summed E-state index contributed by atoms with van der Waals surface area (Å²) < 4.78 is 23.8. The number of aromatic nitrogens is 1. The molecule has 0 aromatic carbocycles. The molecule has 0 aliphatic carbocycles. The van der Waals surface area contributed by atoms with Crippen molar-refractivity contribution in [3.05, 3.63) is 30.1 Å². The van der Waals surface area contributed by atoms with Crippen LogP contribution in [0.4, 0.5) is 8.78 Å². The molecule has 0 spiro atoms. The molecule has 0 amide bonds. The van der Waals surface area contributed by atoms with E-state index in [4.69, 9.17) is 0 Å². The second-order valence-electron chi connectivity index (χ2n) is 1.29. The first-order chi connectivity index (χ1) is 3.80. The van der Waals surface area contributed by atoms with Gasteiger partial charge in [-0.05, 0) is 6.07 Å². The van der Waals surface area contributed by atoms with Gasteiger partial charge in [-0.1, -0.05) is 0 Å². The summed E-state index contributed by atoms with van der Waals surface area (Å²) in [6, 6.07) is 0.968. The van der Waals surface area contributed by atoms with Gasteiger partial charge in [0.25, 0.3) is 0 Å². The van der Waals surface area contributed by atoms with Crippen molar-refractivity contribution in [1.82, 2.24) is 4.98 Å². The molecule has 0 aliphatic heterocycles. The highest BCUT2D eigenvalue weighted by molar-refractivity contribution is 4.96. The highest BCUT2D eigenvalue weighted by atomic mass is 19.2. The Hall–Kier alpha value is -0.990. The predicted octanol–water partition coefficient (Wildman–Crippen LogP) is 1.36. The molecule has 3 heteroatoms. The van der Waals surface area contributed by atoms with Gasteiger partial charge in [-0.3, -0.25) is 4.98 Å². The van der Waals surface area contributed by atoms with Crippen LogP contribution in [0, 0.1) is 11.6 Å². The third kappa shape index (κ3) is 0.804. The number of pyridine rings is 1. The lowest BCUT2D eigenvalue weighted by atomic mass is 10.5. The van der Waals surface area contributed by atoms with E-state index in [1.165, 1.54) is 6.20 Å². The Balaban J connectivity index is 3.13. The molecule has 0 N–H and O–H groups in total. The van der Waals surface area contributed by atoms with Gasteiger partial charge in [0.15, 0.2) is 11.6 Å². The van der Waals surface area contributed by atoms with Crippen LogP contribution < -0.4 is 0 Å². The maximum absolute atomic E-state index is 11.9. The summed E-state index contributed by atoms with van der Waals surface area (Å²) in [6.07, 6.45) is 2.02. The molecule has 0 saturated carbocycles. The first-order valence-electron chi connectivity index (χ1n) is 2.06. The molecule has 1 rings (SSSR count). The summed E-state index contributed by atoms with van der Waals surface area (Å²) in [6.45, 7) is 0. The zero-order valence-corrected chi connectivity index (χ0v) is 3.94. The number of nitrogens with zero attached hydrogens (tertiary/aromatic N) is 1. The van der Waals surface area contributed by atoms with Crippen molar-refractivity contribution in [2.45, 2.75) is 0 Å². The van der Waals surface area contributed by atoms with Crippen LogP contribution in [-0.2, 0) is 0 Å². The van der Waals surface area contributed by atoms with Crippen molar-refractivity contribution in [3.63, 3.8) is 0 Å². The molecular formula is C5H3F2N. The average Bonchev–Trinajstić information content (AvgIpc) is 1.77. The maximum atomic E-state index is 11.9. The molecule has 0 unspecified atom stereocenters. The van der Waals surface area contributed by atoms with Crippen molar-refractivity contribution in [3.8, 4) is 0 Å². The summed E-state index contributed by atoms with van der Waals surface area (Å²) in [5, 5.41) is 0. The Morgan fingerprint density at radius 2 is 2.00 bits per heavy atom. The van der Waals surface area contributed by atoms with E-state index in [1.807, 2.05) is 0 Å². The van der Waals surface area contributed by atoms with Gasteiger partial charge in [-0.2, -0.15) is 0 Å². The van der Waals surface area contributed by atoms with E-state index in [1.54, 1.807) is 0 Å². The molecule has 1 aromatic rings. The molecule has 0 bridgehead atoms. The first-order valence-corrected chi connectivity index (χ1v) is 2.06. The highest BCUT2D eigenvalue weighted by Crippen LogP contribution is 1.98. The minimum Gasteiger partial charge on any atom is -0.261 e. The van der Waals surface area contributed by atoms with Gasteiger partial charge in [-0.15, -0.1) is 0 Å². The van der Waals surface area contributed by atoms with E-state index in [-0.39, 0.29) is 0 Å². The van der Waals surface area contributed by atoms with Crippen molar-refractivity contribution in [2.24, 2.45) is 0 Å². The fourth-order valence-electron chi connectivity index (χ4n) is 0.358. The number of hydrogen-bond donors (Lipinski definition) is 0. The molecule has 1 heterocycles. The third-order valence-corrected chi connectivity index (χ3v) is 0.723. The zero-order valence-electron chi connectivity index (χ0n) is 3.94. The average molecular weight is 115 g/mol. The minimum atomic E-state index is -0.910. The molecule has 42 valence electrons. The molecule has 1 nitrogen and oxygen atoms in total. The topological polar surface area (TPSA) is 12.9 Å². The van der Waals surface area contributed by atoms with Crippen LogP contribution in [-0.4, -0.2) is 4.98 Å². The number of halogens is 2. The predicted molar refractivity (Wildman–Crippen MR) is 24.2 cm³/mol. The summed E-state index contributed by atoms with van der Waals surface area (Å²) in [5.74, 6) is -1.77. The van der Waals surface area contributed by atoms with Crippen molar-refractivity contribution in [2.75, 3.05) is 0 Å². The SMILES string of the molecule is Fc1ccncc1F. The van der Waals surface area contributed by atoms with E-state index in [9.17, 15) is 8.78 Å². The number of hydrogen-bond acceptors (Lipinski definition) is 1. The lowest BCUT2D eigenvalue weighted by Gasteiger charge is -1.84. The standard InChI is InChI=1S/C5H3F2N/c6-4-1-2-8-3-5(4)7/h1-3H. The van der Waals surface area contributed by atoms with E-state index in [2.05, 4.69) is 4.98 Å². The van der Waals surface area contributed by atoms with Crippen LogP contribution in [0.25, 0.3) is 0 Å². The Morgan fingerprint density at radius 3 is 2.38 bits per heavy atom. The van der Waals surface area contributed by atoms with Crippen LogP contribution in [0.2, 0.25) is 0 Å². The molecule has 0 radical (unpaired) electrons. The fourth-order valence-corrected chi connectivity index (χ4v) is 0.358.